The summed E-state index contributed by atoms with van der Waals surface area (Å²) < 4.78 is 0. The zero-order valence-corrected chi connectivity index (χ0v) is 17.2. The molecular formula is C23H28N4O3. The number of hydrogen-bond acceptors (Lipinski definition) is 5. The van der Waals surface area contributed by atoms with Crippen LogP contribution < -0.4 is 15.1 Å². The zero-order valence-electron chi connectivity index (χ0n) is 17.2. The Balaban J connectivity index is 1.58. The fourth-order valence-electron chi connectivity index (χ4n) is 4.30. The van der Waals surface area contributed by atoms with Crippen LogP contribution in [0.2, 0.25) is 0 Å². The molecule has 2 saturated heterocycles. The molecule has 0 unspecified atom stereocenters. The summed E-state index contributed by atoms with van der Waals surface area (Å²) in [7, 11) is 0. The molecule has 2 aromatic carbocycles. The molecule has 0 atom stereocenters. The first-order valence-electron chi connectivity index (χ1n) is 10.8. The van der Waals surface area contributed by atoms with E-state index >= 15 is 0 Å². The first-order valence-corrected chi connectivity index (χ1v) is 10.8. The average molecular weight is 409 g/mol. The molecule has 2 heterocycles. The summed E-state index contributed by atoms with van der Waals surface area (Å²) in [6, 6.07) is 12.0. The molecule has 30 heavy (non-hydrogen) atoms. The van der Waals surface area contributed by atoms with Gasteiger partial charge in [-0.2, -0.15) is 0 Å². The summed E-state index contributed by atoms with van der Waals surface area (Å²) >= 11 is 0. The largest absolute Gasteiger partial charge is 0.371 e. The number of nitrogens with zero attached hydrogens (tertiary/aromatic N) is 3. The Labute approximate surface area is 176 Å². The highest BCUT2D eigenvalue weighted by atomic mass is 16.6. The van der Waals surface area contributed by atoms with Crippen LogP contribution in [0.15, 0.2) is 42.5 Å². The normalized spacial score (nSPS) is 16.9. The third-order valence-electron chi connectivity index (χ3n) is 5.99. The molecule has 158 valence electrons. The minimum atomic E-state index is -0.463. The van der Waals surface area contributed by atoms with Crippen molar-refractivity contribution in [3.63, 3.8) is 0 Å². The molecule has 2 aromatic rings. The molecule has 1 amide bonds. The van der Waals surface area contributed by atoms with Crippen molar-refractivity contribution >= 4 is 28.7 Å². The van der Waals surface area contributed by atoms with Gasteiger partial charge in [-0.25, -0.2) is 0 Å². The van der Waals surface area contributed by atoms with Gasteiger partial charge >= 0.3 is 0 Å². The minimum Gasteiger partial charge on any atom is -0.371 e. The molecule has 0 bridgehead atoms. The Morgan fingerprint density at radius 2 is 1.43 bits per heavy atom. The van der Waals surface area contributed by atoms with Gasteiger partial charge in [0.1, 0.15) is 0 Å². The van der Waals surface area contributed by atoms with Crippen LogP contribution in [0.1, 0.15) is 48.9 Å². The van der Waals surface area contributed by atoms with Crippen molar-refractivity contribution in [2.45, 2.75) is 38.5 Å². The van der Waals surface area contributed by atoms with Crippen molar-refractivity contribution in [3.05, 3.63) is 58.1 Å². The van der Waals surface area contributed by atoms with E-state index in [4.69, 9.17) is 0 Å². The number of piperidine rings is 2. The predicted octanol–water partition coefficient (Wildman–Crippen LogP) is 4.83. The molecule has 0 spiro atoms. The van der Waals surface area contributed by atoms with Crippen LogP contribution >= 0.6 is 0 Å². The molecule has 0 radical (unpaired) electrons. The lowest BCUT2D eigenvalue weighted by Crippen LogP contribution is -2.32. The Hall–Kier alpha value is -3.09. The maximum absolute atomic E-state index is 12.8. The maximum Gasteiger partial charge on any atom is 0.269 e. The van der Waals surface area contributed by atoms with E-state index in [1.165, 1.54) is 55.6 Å². The number of carbonyl (C=O) groups is 1. The molecule has 0 aliphatic carbocycles. The van der Waals surface area contributed by atoms with Gasteiger partial charge in [0.05, 0.1) is 16.3 Å². The lowest BCUT2D eigenvalue weighted by molar-refractivity contribution is -0.384. The van der Waals surface area contributed by atoms with Gasteiger partial charge in [0.2, 0.25) is 0 Å². The predicted molar refractivity (Wildman–Crippen MR) is 120 cm³/mol. The number of anilines is 3. The molecule has 0 saturated carbocycles. The smallest absolute Gasteiger partial charge is 0.269 e. The summed E-state index contributed by atoms with van der Waals surface area (Å²) in [4.78, 5) is 28.0. The van der Waals surface area contributed by atoms with Crippen molar-refractivity contribution in [2.75, 3.05) is 41.3 Å². The van der Waals surface area contributed by atoms with Crippen molar-refractivity contribution in [2.24, 2.45) is 0 Å². The van der Waals surface area contributed by atoms with E-state index < -0.39 is 4.92 Å². The second kappa shape index (κ2) is 9.15. The maximum atomic E-state index is 12.8. The lowest BCUT2D eigenvalue weighted by atomic mass is 10.1. The number of carbonyl (C=O) groups excluding carboxylic acids is 1. The second-order valence-corrected chi connectivity index (χ2v) is 8.05. The SMILES string of the molecule is O=C(Nc1ccc(N2CCCCC2)cc1N1CCCCC1)c1ccc([N+](=O)[O-])cc1. The van der Waals surface area contributed by atoms with Gasteiger partial charge in [-0.05, 0) is 68.9 Å². The molecule has 2 aliphatic heterocycles. The summed E-state index contributed by atoms with van der Waals surface area (Å²) in [5.74, 6) is -0.256. The van der Waals surface area contributed by atoms with E-state index in [-0.39, 0.29) is 11.6 Å². The van der Waals surface area contributed by atoms with Crippen LogP contribution in [0.25, 0.3) is 0 Å². The Morgan fingerprint density at radius 3 is 2.03 bits per heavy atom. The van der Waals surface area contributed by atoms with Crippen LogP contribution in [0.3, 0.4) is 0 Å². The highest BCUT2D eigenvalue weighted by Crippen LogP contribution is 2.34. The van der Waals surface area contributed by atoms with Crippen LogP contribution in [0.4, 0.5) is 22.7 Å². The van der Waals surface area contributed by atoms with E-state index in [2.05, 4.69) is 27.2 Å². The number of nitro benzene ring substituents is 1. The van der Waals surface area contributed by atoms with Gasteiger partial charge in [0.15, 0.2) is 0 Å². The summed E-state index contributed by atoms with van der Waals surface area (Å²) in [6.07, 6.45) is 7.29. The van der Waals surface area contributed by atoms with E-state index in [0.29, 0.717) is 5.56 Å². The van der Waals surface area contributed by atoms with E-state index in [1.807, 2.05) is 6.07 Å². The summed E-state index contributed by atoms with van der Waals surface area (Å²) in [5.41, 5.74) is 3.45. The molecule has 0 aromatic heterocycles. The molecule has 7 nitrogen and oxygen atoms in total. The topological polar surface area (TPSA) is 78.7 Å². The van der Waals surface area contributed by atoms with Crippen molar-refractivity contribution < 1.29 is 9.72 Å². The number of hydrogen-bond donors (Lipinski definition) is 1. The van der Waals surface area contributed by atoms with Gasteiger partial charge < -0.3 is 15.1 Å². The molecule has 7 heteroatoms. The van der Waals surface area contributed by atoms with Crippen LogP contribution in [0.5, 0.6) is 0 Å². The van der Waals surface area contributed by atoms with Crippen LogP contribution in [-0.2, 0) is 0 Å². The van der Waals surface area contributed by atoms with Gasteiger partial charge in [0.25, 0.3) is 11.6 Å². The van der Waals surface area contributed by atoms with E-state index in [9.17, 15) is 14.9 Å². The number of non-ortho nitro benzene ring substituents is 1. The Kier molecular flexibility index (Phi) is 6.16. The van der Waals surface area contributed by atoms with Gasteiger partial charge in [-0.3, -0.25) is 14.9 Å². The Bertz CT molecular complexity index is 901. The number of nitrogens with one attached hydrogen (secondary N) is 1. The monoisotopic (exact) mass is 408 g/mol. The van der Waals surface area contributed by atoms with Crippen LogP contribution in [-0.4, -0.2) is 37.0 Å². The summed E-state index contributed by atoms with van der Waals surface area (Å²) in [5, 5.41) is 13.9. The van der Waals surface area contributed by atoms with Crippen LogP contribution in [0, 0.1) is 10.1 Å². The quantitative estimate of drug-likeness (QED) is 0.566. The third-order valence-corrected chi connectivity index (χ3v) is 5.99. The third kappa shape index (κ3) is 4.56. The minimum absolute atomic E-state index is 0.0218. The average Bonchev–Trinajstić information content (AvgIpc) is 2.80. The highest BCUT2D eigenvalue weighted by molar-refractivity contribution is 6.06. The number of amides is 1. The number of benzene rings is 2. The van der Waals surface area contributed by atoms with E-state index in [1.54, 1.807) is 0 Å². The molecule has 2 fully saturated rings. The number of nitro groups is 1. The van der Waals surface area contributed by atoms with Gasteiger partial charge in [-0.15, -0.1) is 0 Å². The van der Waals surface area contributed by atoms with Gasteiger partial charge in [0, 0.05) is 49.6 Å². The van der Waals surface area contributed by atoms with Crippen molar-refractivity contribution in [1.82, 2.24) is 0 Å². The lowest BCUT2D eigenvalue weighted by Gasteiger charge is -2.33. The van der Waals surface area contributed by atoms with E-state index in [0.717, 1.165) is 50.4 Å². The van der Waals surface area contributed by atoms with Crippen molar-refractivity contribution in [1.29, 1.82) is 0 Å². The number of rotatable bonds is 5. The molecular weight excluding hydrogens is 380 g/mol. The van der Waals surface area contributed by atoms with Crippen molar-refractivity contribution in [3.8, 4) is 0 Å². The molecule has 2 aliphatic rings. The molecule has 4 rings (SSSR count). The van der Waals surface area contributed by atoms with Gasteiger partial charge in [-0.1, -0.05) is 0 Å². The fourth-order valence-corrected chi connectivity index (χ4v) is 4.30. The zero-order chi connectivity index (χ0) is 20.9. The highest BCUT2D eigenvalue weighted by Gasteiger charge is 2.20. The first kappa shape index (κ1) is 20.2. The molecule has 1 N–H and O–H groups in total. The second-order valence-electron chi connectivity index (χ2n) is 8.05. The Morgan fingerprint density at radius 1 is 0.833 bits per heavy atom. The standard InChI is InChI=1S/C23H28N4O3/c28-23(18-7-9-19(10-8-18)27(29)30)24-21-12-11-20(25-13-3-1-4-14-25)17-22(21)26-15-5-2-6-16-26/h7-12,17H,1-6,13-16H2,(H,24,28). The first-order chi connectivity index (χ1) is 14.6. The fraction of sp³-hybridized carbons (Fsp3) is 0.435. The summed E-state index contributed by atoms with van der Waals surface area (Å²) in [6.45, 7) is 4.13.